The van der Waals surface area contributed by atoms with Crippen molar-refractivity contribution in [2.24, 2.45) is 0 Å². The van der Waals surface area contributed by atoms with Crippen LogP contribution in [0.5, 0.6) is 0 Å². The van der Waals surface area contributed by atoms with Crippen LogP contribution in [-0.2, 0) is 9.59 Å². The maximum atomic E-state index is 12.3. The first-order chi connectivity index (χ1) is 10.4. The van der Waals surface area contributed by atoms with Gasteiger partial charge in [0.2, 0.25) is 11.8 Å². The fourth-order valence-electron chi connectivity index (χ4n) is 2.58. The highest BCUT2D eigenvalue weighted by molar-refractivity contribution is 5.93. The smallest absolute Gasteiger partial charge is 0.245 e. The van der Waals surface area contributed by atoms with Crippen molar-refractivity contribution in [1.29, 1.82) is 0 Å². The summed E-state index contributed by atoms with van der Waals surface area (Å²) in [5.74, 6) is -0.0611. The number of amides is 2. The lowest BCUT2D eigenvalue weighted by Crippen LogP contribution is -2.67. The average Bonchev–Trinajstić information content (AvgIpc) is 2.45. The summed E-state index contributed by atoms with van der Waals surface area (Å²) < 4.78 is 0. The van der Waals surface area contributed by atoms with Crippen LogP contribution in [0, 0.1) is 0 Å². The molecule has 0 radical (unpaired) electrons. The van der Waals surface area contributed by atoms with Gasteiger partial charge in [-0.05, 0) is 32.8 Å². The van der Waals surface area contributed by atoms with Crippen molar-refractivity contribution in [3.8, 4) is 0 Å². The van der Waals surface area contributed by atoms with Gasteiger partial charge in [-0.15, -0.1) is 0 Å². The number of carbonyl (C=O) groups excluding carboxylic acids is 2. The number of rotatable bonds is 5. The van der Waals surface area contributed by atoms with E-state index >= 15 is 0 Å². The summed E-state index contributed by atoms with van der Waals surface area (Å²) >= 11 is 0. The van der Waals surface area contributed by atoms with Crippen LogP contribution in [0.15, 0.2) is 36.4 Å². The van der Waals surface area contributed by atoms with E-state index in [1.54, 1.807) is 4.90 Å². The van der Waals surface area contributed by atoms with Crippen LogP contribution in [0.3, 0.4) is 0 Å². The first kappa shape index (κ1) is 16.3. The average molecular weight is 300 g/mol. The van der Waals surface area contributed by atoms with Crippen molar-refractivity contribution in [1.82, 2.24) is 10.2 Å². The molecule has 0 spiro atoms. The summed E-state index contributed by atoms with van der Waals surface area (Å²) in [7, 11) is 0. The molecule has 118 valence electrons. The van der Waals surface area contributed by atoms with Crippen molar-refractivity contribution < 1.29 is 9.59 Å². The lowest BCUT2D eigenvalue weighted by Gasteiger charge is -2.49. The molecule has 0 bridgehead atoms. The van der Waals surface area contributed by atoms with Crippen LogP contribution in [0.2, 0.25) is 0 Å². The summed E-state index contributed by atoms with van der Waals surface area (Å²) in [5, 5.41) is 2.90. The van der Waals surface area contributed by atoms with E-state index in [0.717, 1.165) is 12.0 Å². The molecule has 1 heterocycles. The minimum Gasteiger partial charge on any atom is -0.352 e. The van der Waals surface area contributed by atoms with Gasteiger partial charge >= 0.3 is 0 Å². The second-order valence-electron chi connectivity index (χ2n) is 6.21. The summed E-state index contributed by atoms with van der Waals surface area (Å²) in [6, 6.07) is 9.95. The molecular formula is C18H24N2O2. The highest BCUT2D eigenvalue weighted by atomic mass is 16.2. The quantitative estimate of drug-likeness (QED) is 0.908. The first-order valence-corrected chi connectivity index (χ1v) is 7.76. The van der Waals surface area contributed by atoms with Crippen LogP contribution in [0.1, 0.15) is 39.2 Å². The Labute approximate surface area is 132 Å². The van der Waals surface area contributed by atoms with Crippen molar-refractivity contribution in [3.63, 3.8) is 0 Å². The van der Waals surface area contributed by atoms with E-state index in [-0.39, 0.29) is 17.9 Å². The minimum absolute atomic E-state index is 0.000151. The zero-order valence-electron chi connectivity index (χ0n) is 13.5. The molecule has 4 heteroatoms. The molecular weight excluding hydrogens is 276 g/mol. The highest BCUT2D eigenvalue weighted by Crippen LogP contribution is 2.31. The van der Waals surface area contributed by atoms with E-state index < -0.39 is 5.54 Å². The van der Waals surface area contributed by atoms with Gasteiger partial charge in [-0.2, -0.15) is 0 Å². The van der Waals surface area contributed by atoms with E-state index in [0.29, 0.717) is 13.0 Å². The SMILES string of the molecule is CC(C)NC(=O)C1(C)CCN1C(=O)C/C=C/c1ccccc1. The zero-order chi connectivity index (χ0) is 16.2. The Balaban J connectivity index is 1.93. The molecule has 1 atom stereocenters. The van der Waals surface area contributed by atoms with Crippen LogP contribution in [0.4, 0.5) is 0 Å². The van der Waals surface area contributed by atoms with Crippen molar-refractivity contribution in [2.45, 2.75) is 45.2 Å². The van der Waals surface area contributed by atoms with Crippen LogP contribution in [0.25, 0.3) is 6.08 Å². The van der Waals surface area contributed by atoms with Gasteiger partial charge in [-0.1, -0.05) is 42.5 Å². The standard InChI is InChI=1S/C18H24N2O2/c1-14(2)19-17(22)18(3)12-13-20(18)16(21)11-7-10-15-8-5-4-6-9-15/h4-10,14H,11-13H2,1-3H3,(H,19,22)/b10-7+. The van der Waals surface area contributed by atoms with Crippen LogP contribution < -0.4 is 5.32 Å². The molecule has 1 aliphatic heterocycles. The predicted molar refractivity (Wildman–Crippen MR) is 88.1 cm³/mol. The molecule has 1 fully saturated rings. The molecule has 1 N–H and O–H groups in total. The third-order valence-electron chi connectivity index (χ3n) is 4.03. The molecule has 1 saturated heterocycles. The van der Waals surface area contributed by atoms with Crippen molar-refractivity contribution >= 4 is 17.9 Å². The molecule has 1 aromatic rings. The highest BCUT2D eigenvalue weighted by Gasteiger charge is 2.48. The predicted octanol–water partition coefficient (Wildman–Crippen LogP) is 2.61. The number of hydrogen-bond acceptors (Lipinski definition) is 2. The lowest BCUT2D eigenvalue weighted by molar-refractivity contribution is -0.157. The molecule has 2 rings (SSSR count). The molecule has 1 aliphatic rings. The number of carbonyl (C=O) groups is 2. The fraction of sp³-hybridized carbons (Fsp3) is 0.444. The lowest BCUT2D eigenvalue weighted by atomic mass is 9.85. The number of nitrogens with one attached hydrogen (secondary N) is 1. The number of hydrogen-bond donors (Lipinski definition) is 1. The largest absolute Gasteiger partial charge is 0.352 e. The molecule has 0 saturated carbocycles. The maximum absolute atomic E-state index is 12.3. The minimum atomic E-state index is -0.693. The molecule has 1 aromatic carbocycles. The second kappa shape index (κ2) is 6.77. The van der Waals surface area contributed by atoms with Gasteiger partial charge in [0.25, 0.3) is 0 Å². The van der Waals surface area contributed by atoms with Crippen molar-refractivity contribution in [3.05, 3.63) is 42.0 Å². The third-order valence-corrected chi connectivity index (χ3v) is 4.03. The molecule has 1 unspecified atom stereocenters. The summed E-state index contributed by atoms with van der Waals surface area (Å²) in [5.41, 5.74) is 0.376. The molecule has 0 aromatic heterocycles. The zero-order valence-corrected chi connectivity index (χ0v) is 13.5. The monoisotopic (exact) mass is 300 g/mol. The van der Waals surface area contributed by atoms with Gasteiger partial charge in [-0.3, -0.25) is 9.59 Å². The molecule has 4 nitrogen and oxygen atoms in total. The molecule has 0 aliphatic carbocycles. The van der Waals surface area contributed by atoms with E-state index in [2.05, 4.69) is 5.32 Å². The summed E-state index contributed by atoms with van der Waals surface area (Å²) in [6.45, 7) is 6.34. The Morgan fingerprint density at radius 2 is 2.00 bits per heavy atom. The Morgan fingerprint density at radius 3 is 2.55 bits per heavy atom. The maximum Gasteiger partial charge on any atom is 0.245 e. The normalized spacial score (nSPS) is 21.0. The summed E-state index contributed by atoms with van der Waals surface area (Å²) in [4.78, 5) is 26.2. The van der Waals surface area contributed by atoms with Gasteiger partial charge < -0.3 is 10.2 Å². The Hall–Kier alpha value is -2.10. The number of nitrogens with zero attached hydrogens (tertiary/aromatic N) is 1. The van der Waals surface area contributed by atoms with Crippen molar-refractivity contribution in [2.75, 3.05) is 6.54 Å². The van der Waals surface area contributed by atoms with Crippen LogP contribution >= 0.6 is 0 Å². The molecule has 22 heavy (non-hydrogen) atoms. The first-order valence-electron chi connectivity index (χ1n) is 7.76. The van der Waals surface area contributed by atoms with Gasteiger partial charge in [-0.25, -0.2) is 0 Å². The number of benzene rings is 1. The fourth-order valence-corrected chi connectivity index (χ4v) is 2.58. The Kier molecular flexibility index (Phi) is 5.01. The molecule has 2 amide bonds. The Morgan fingerprint density at radius 1 is 1.32 bits per heavy atom. The number of likely N-dealkylation sites (tertiary alicyclic amines) is 1. The second-order valence-corrected chi connectivity index (χ2v) is 6.21. The summed E-state index contributed by atoms with van der Waals surface area (Å²) in [6.07, 6.45) is 4.83. The third kappa shape index (κ3) is 3.56. The van der Waals surface area contributed by atoms with E-state index in [1.165, 1.54) is 0 Å². The van der Waals surface area contributed by atoms with E-state index in [1.807, 2.05) is 63.3 Å². The van der Waals surface area contributed by atoms with E-state index in [9.17, 15) is 9.59 Å². The van der Waals surface area contributed by atoms with Gasteiger partial charge in [0.05, 0.1) is 0 Å². The van der Waals surface area contributed by atoms with E-state index in [4.69, 9.17) is 0 Å². The Bertz CT molecular complexity index is 566. The van der Waals surface area contributed by atoms with Gasteiger partial charge in [0.1, 0.15) is 5.54 Å². The van der Waals surface area contributed by atoms with Crippen LogP contribution in [-0.4, -0.2) is 34.8 Å². The van der Waals surface area contributed by atoms with Gasteiger partial charge in [0.15, 0.2) is 0 Å². The van der Waals surface area contributed by atoms with Gasteiger partial charge in [0, 0.05) is 19.0 Å². The topological polar surface area (TPSA) is 49.4 Å².